The SMILES string of the molecule is CC(=NC(=O)C1CC2(CCN(C(=O)C(Cc3ccc(C(F)(F)F)cc3)NC(=O)OC(C)(C)C)CC2)c2ccccc21)C(=O)Nc1ccc([N+](=O)[O-])cc1. The summed E-state index contributed by atoms with van der Waals surface area (Å²) in [6.45, 7) is 6.99. The minimum atomic E-state index is -4.52. The number of carbonyl (C=O) groups excluding carboxylic acids is 4. The van der Waals surface area contributed by atoms with Crippen LogP contribution < -0.4 is 10.6 Å². The van der Waals surface area contributed by atoms with E-state index in [1.807, 2.05) is 24.3 Å². The van der Waals surface area contributed by atoms with E-state index in [0.717, 1.165) is 23.3 Å². The van der Waals surface area contributed by atoms with Gasteiger partial charge in [0.1, 0.15) is 17.4 Å². The minimum absolute atomic E-state index is 0.0631. The van der Waals surface area contributed by atoms with Crippen molar-refractivity contribution in [2.45, 2.75) is 82.5 Å². The lowest BCUT2D eigenvalue weighted by molar-refractivity contribution is -0.384. The third-order valence-corrected chi connectivity index (χ3v) is 9.49. The highest BCUT2D eigenvalue weighted by Gasteiger charge is 2.48. The number of rotatable bonds is 8. The van der Waals surface area contributed by atoms with Crippen LogP contribution in [0.2, 0.25) is 0 Å². The molecule has 2 unspecified atom stereocenters. The molecule has 0 radical (unpaired) electrons. The minimum Gasteiger partial charge on any atom is -0.444 e. The zero-order valence-corrected chi connectivity index (χ0v) is 29.7. The number of non-ortho nitro benzene ring substituents is 1. The van der Waals surface area contributed by atoms with Gasteiger partial charge in [0.05, 0.1) is 16.4 Å². The van der Waals surface area contributed by atoms with Gasteiger partial charge in [-0.25, -0.2) is 9.79 Å². The lowest BCUT2D eigenvalue weighted by atomic mass is 9.73. The predicted molar refractivity (Wildman–Crippen MR) is 189 cm³/mol. The number of aliphatic imine (C=N–C) groups is 1. The Balaban J connectivity index is 1.29. The van der Waals surface area contributed by atoms with Gasteiger partial charge in [-0.3, -0.25) is 24.5 Å². The summed E-state index contributed by atoms with van der Waals surface area (Å²) in [6, 6.07) is 16.1. The maximum Gasteiger partial charge on any atom is 0.416 e. The van der Waals surface area contributed by atoms with Crippen LogP contribution in [0, 0.1) is 10.1 Å². The molecule has 3 aromatic rings. The van der Waals surface area contributed by atoms with Crippen LogP contribution in [0.25, 0.3) is 0 Å². The van der Waals surface area contributed by atoms with E-state index >= 15 is 0 Å². The third-order valence-electron chi connectivity index (χ3n) is 9.49. The molecule has 1 spiro atoms. The highest BCUT2D eigenvalue weighted by molar-refractivity contribution is 6.43. The molecule has 0 bridgehead atoms. The van der Waals surface area contributed by atoms with Crippen molar-refractivity contribution in [3.63, 3.8) is 0 Å². The Morgan fingerprint density at radius 3 is 2.19 bits per heavy atom. The molecule has 1 fully saturated rings. The molecule has 12 nitrogen and oxygen atoms in total. The van der Waals surface area contributed by atoms with Crippen LogP contribution in [0.5, 0.6) is 0 Å². The summed E-state index contributed by atoms with van der Waals surface area (Å²) >= 11 is 0. The Kier molecular flexibility index (Phi) is 11.1. The molecule has 53 heavy (non-hydrogen) atoms. The van der Waals surface area contributed by atoms with Gasteiger partial charge in [-0.15, -0.1) is 0 Å². The second kappa shape index (κ2) is 15.2. The average molecular weight is 736 g/mol. The summed E-state index contributed by atoms with van der Waals surface area (Å²) in [5.41, 5.74) is 0.101. The molecule has 5 rings (SSSR count). The number of nitro benzene ring substituents is 1. The molecule has 2 N–H and O–H groups in total. The number of nitrogens with zero attached hydrogens (tertiary/aromatic N) is 3. The maximum absolute atomic E-state index is 13.9. The number of ether oxygens (including phenoxy) is 1. The van der Waals surface area contributed by atoms with E-state index in [9.17, 15) is 42.5 Å². The Hall–Kier alpha value is -5.60. The number of amides is 4. The Bertz CT molecular complexity index is 1910. The summed E-state index contributed by atoms with van der Waals surface area (Å²) in [5, 5.41) is 16.1. The Labute approximate surface area is 303 Å². The number of alkyl halides is 3. The van der Waals surface area contributed by atoms with Gasteiger partial charge in [-0.05, 0) is 87.9 Å². The van der Waals surface area contributed by atoms with E-state index in [2.05, 4.69) is 15.6 Å². The van der Waals surface area contributed by atoms with Crippen LogP contribution in [-0.2, 0) is 37.1 Å². The molecule has 4 amide bonds. The largest absolute Gasteiger partial charge is 0.444 e. The van der Waals surface area contributed by atoms with Gasteiger partial charge in [-0.2, -0.15) is 13.2 Å². The van der Waals surface area contributed by atoms with Gasteiger partial charge in [-0.1, -0.05) is 36.4 Å². The van der Waals surface area contributed by atoms with Crippen LogP contribution >= 0.6 is 0 Å². The molecule has 280 valence electrons. The first-order valence-corrected chi connectivity index (χ1v) is 17.0. The number of fused-ring (bicyclic) bond motifs is 2. The summed E-state index contributed by atoms with van der Waals surface area (Å²) in [6.07, 6.45) is -4.04. The normalized spacial score (nSPS) is 17.5. The second-order valence-corrected chi connectivity index (χ2v) is 14.3. The van der Waals surface area contributed by atoms with Crippen molar-refractivity contribution >= 4 is 40.9 Å². The van der Waals surface area contributed by atoms with Gasteiger partial charge in [0.15, 0.2) is 0 Å². The van der Waals surface area contributed by atoms with Gasteiger partial charge in [0.25, 0.3) is 17.5 Å². The average Bonchev–Trinajstić information content (AvgIpc) is 3.41. The van der Waals surface area contributed by atoms with Crippen molar-refractivity contribution in [1.82, 2.24) is 10.2 Å². The lowest BCUT2D eigenvalue weighted by Gasteiger charge is -2.41. The van der Waals surface area contributed by atoms with Gasteiger partial charge < -0.3 is 20.3 Å². The fraction of sp³-hybridized carbons (Fsp3) is 0.395. The number of anilines is 1. The maximum atomic E-state index is 13.9. The van der Waals surface area contributed by atoms with Crippen molar-refractivity contribution in [2.24, 2.45) is 4.99 Å². The molecule has 1 aliphatic heterocycles. The van der Waals surface area contributed by atoms with E-state index in [1.165, 1.54) is 43.3 Å². The molecular weight excluding hydrogens is 695 g/mol. The van der Waals surface area contributed by atoms with Crippen molar-refractivity contribution in [3.05, 3.63) is 105 Å². The quantitative estimate of drug-likeness (QED) is 0.148. The van der Waals surface area contributed by atoms with Crippen LogP contribution in [-0.4, -0.2) is 64.1 Å². The first-order chi connectivity index (χ1) is 24.8. The number of carbonyl (C=O) groups is 4. The van der Waals surface area contributed by atoms with Crippen molar-refractivity contribution in [1.29, 1.82) is 0 Å². The van der Waals surface area contributed by atoms with E-state index in [4.69, 9.17) is 4.74 Å². The number of alkyl carbamates (subject to hydrolysis) is 1. The second-order valence-electron chi connectivity index (χ2n) is 14.3. The number of hydrogen-bond acceptors (Lipinski definition) is 7. The summed E-state index contributed by atoms with van der Waals surface area (Å²) in [5.74, 6) is -2.19. The molecule has 1 saturated heterocycles. The predicted octanol–water partition coefficient (Wildman–Crippen LogP) is 6.72. The molecule has 0 saturated carbocycles. The van der Waals surface area contributed by atoms with Crippen molar-refractivity contribution in [3.8, 4) is 0 Å². The van der Waals surface area contributed by atoms with Crippen molar-refractivity contribution < 1.29 is 42.0 Å². The Morgan fingerprint density at radius 2 is 1.60 bits per heavy atom. The zero-order valence-electron chi connectivity index (χ0n) is 29.7. The van der Waals surface area contributed by atoms with Gasteiger partial charge >= 0.3 is 12.3 Å². The lowest BCUT2D eigenvalue weighted by Crippen LogP contribution is -2.54. The van der Waals surface area contributed by atoms with E-state index in [1.54, 1.807) is 25.7 Å². The number of hydrogen-bond donors (Lipinski definition) is 2. The molecule has 2 aliphatic rings. The fourth-order valence-electron chi connectivity index (χ4n) is 6.86. The molecular formula is C38H40F3N5O7. The molecule has 1 heterocycles. The highest BCUT2D eigenvalue weighted by Crippen LogP contribution is 2.52. The summed E-state index contributed by atoms with van der Waals surface area (Å²) in [7, 11) is 0. The Morgan fingerprint density at radius 1 is 0.981 bits per heavy atom. The molecule has 2 atom stereocenters. The highest BCUT2D eigenvalue weighted by atomic mass is 19.4. The molecule has 15 heteroatoms. The molecule has 3 aromatic carbocycles. The summed E-state index contributed by atoms with van der Waals surface area (Å²) in [4.78, 5) is 69.3. The van der Waals surface area contributed by atoms with E-state index in [-0.39, 0.29) is 30.9 Å². The van der Waals surface area contributed by atoms with Crippen LogP contribution in [0.3, 0.4) is 0 Å². The molecule has 0 aromatic heterocycles. The number of piperidine rings is 1. The van der Waals surface area contributed by atoms with Crippen LogP contribution in [0.15, 0.2) is 77.8 Å². The van der Waals surface area contributed by atoms with E-state index in [0.29, 0.717) is 30.5 Å². The fourth-order valence-corrected chi connectivity index (χ4v) is 6.86. The first kappa shape index (κ1) is 38.6. The number of halogens is 3. The number of nitro groups is 1. The molecule has 1 aliphatic carbocycles. The summed E-state index contributed by atoms with van der Waals surface area (Å²) < 4.78 is 44.9. The smallest absolute Gasteiger partial charge is 0.416 e. The van der Waals surface area contributed by atoms with Crippen LogP contribution in [0.4, 0.5) is 29.3 Å². The number of nitrogens with one attached hydrogen (secondary N) is 2. The van der Waals surface area contributed by atoms with Crippen molar-refractivity contribution in [2.75, 3.05) is 18.4 Å². The van der Waals surface area contributed by atoms with Crippen LogP contribution in [0.1, 0.15) is 75.1 Å². The van der Waals surface area contributed by atoms with Gasteiger partial charge in [0, 0.05) is 42.7 Å². The number of likely N-dealkylation sites (tertiary alicyclic amines) is 1. The van der Waals surface area contributed by atoms with Gasteiger partial charge in [0.2, 0.25) is 5.91 Å². The number of benzene rings is 3. The van der Waals surface area contributed by atoms with E-state index < -0.39 is 63.5 Å². The standard InChI is InChI=1S/C38H40F3N5O7/c1-23(32(47)43-26-13-15-27(16-14-26)46(51)52)42-33(48)29-22-37(30-8-6-5-7-28(29)30)17-19-45(20-18-37)34(49)31(44-35(50)53-36(2,3)4)21-24-9-11-25(12-10-24)38(39,40)41/h5-16,29,31H,17-22H2,1-4H3,(H,43,47)(H,44,50). The monoisotopic (exact) mass is 735 g/mol. The first-order valence-electron chi connectivity index (χ1n) is 17.0. The third kappa shape index (κ3) is 9.26. The topological polar surface area (TPSA) is 160 Å². The zero-order chi connectivity index (χ0) is 38.7.